The van der Waals surface area contributed by atoms with E-state index >= 15 is 0 Å². The van der Waals surface area contributed by atoms with Gasteiger partial charge in [-0.3, -0.25) is 4.79 Å². The van der Waals surface area contributed by atoms with Crippen LogP contribution in [-0.4, -0.2) is 21.9 Å². The maximum Gasteiger partial charge on any atom is 0.261 e. The van der Waals surface area contributed by atoms with Crippen LogP contribution in [0.4, 0.5) is 26.1 Å². The van der Waals surface area contributed by atoms with E-state index < -0.39 is 11.6 Å². The second-order valence-corrected chi connectivity index (χ2v) is 6.37. The van der Waals surface area contributed by atoms with E-state index in [1.54, 1.807) is 4.90 Å². The molecule has 1 amide bonds. The monoisotopic (exact) mass is 366 g/mol. The van der Waals surface area contributed by atoms with Crippen molar-refractivity contribution in [1.29, 1.82) is 0 Å². The number of nitrogens with one attached hydrogen (secondary N) is 1. The Labute approximate surface area is 154 Å². The third-order valence-electron chi connectivity index (χ3n) is 4.52. The lowest BCUT2D eigenvalue weighted by atomic mass is 10.1. The number of para-hydroxylation sites is 2. The standard InChI is InChI=1S/C20H16F2N4O/c1-12-9-13-5-2-3-8-17(13)26(12)19(27)14-10-23-20(24-11-14)25-18-15(21)6-4-7-16(18)22/h2-8,10-12H,9H2,1H3,(H,23,24,25). The molecule has 27 heavy (non-hydrogen) atoms. The Morgan fingerprint density at radius 1 is 1.07 bits per heavy atom. The summed E-state index contributed by atoms with van der Waals surface area (Å²) in [7, 11) is 0. The number of anilines is 3. The summed E-state index contributed by atoms with van der Waals surface area (Å²) in [5.41, 5.74) is 1.97. The van der Waals surface area contributed by atoms with Crippen molar-refractivity contribution in [3.05, 3.63) is 77.6 Å². The number of fused-ring (bicyclic) bond motifs is 1. The average Bonchev–Trinajstić information content (AvgIpc) is 3.00. The third-order valence-corrected chi connectivity index (χ3v) is 4.52. The Balaban J connectivity index is 1.57. The molecule has 1 aliphatic rings. The van der Waals surface area contributed by atoms with Crippen molar-refractivity contribution in [3.8, 4) is 0 Å². The largest absolute Gasteiger partial charge is 0.319 e. The fraction of sp³-hybridized carbons (Fsp3) is 0.150. The molecule has 1 aliphatic heterocycles. The minimum atomic E-state index is -0.749. The summed E-state index contributed by atoms with van der Waals surface area (Å²) in [6.07, 6.45) is 3.49. The van der Waals surface area contributed by atoms with Gasteiger partial charge < -0.3 is 10.2 Å². The van der Waals surface area contributed by atoms with Gasteiger partial charge in [0.2, 0.25) is 5.95 Å². The van der Waals surface area contributed by atoms with Crippen molar-refractivity contribution in [2.24, 2.45) is 0 Å². The first-order valence-electron chi connectivity index (χ1n) is 8.49. The van der Waals surface area contributed by atoms with Gasteiger partial charge in [-0.2, -0.15) is 0 Å². The normalized spacial score (nSPS) is 15.5. The van der Waals surface area contributed by atoms with E-state index in [1.165, 1.54) is 18.5 Å². The van der Waals surface area contributed by atoms with Gasteiger partial charge in [0.15, 0.2) is 0 Å². The van der Waals surface area contributed by atoms with Crippen molar-refractivity contribution in [1.82, 2.24) is 9.97 Å². The van der Waals surface area contributed by atoms with Crippen molar-refractivity contribution in [2.75, 3.05) is 10.2 Å². The highest BCUT2D eigenvalue weighted by Crippen LogP contribution is 2.33. The van der Waals surface area contributed by atoms with E-state index in [0.29, 0.717) is 5.56 Å². The Hall–Kier alpha value is -3.35. The maximum absolute atomic E-state index is 13.7. The molecule has 0 radical (unpaired) electrons. The fourth-order valence-electron chi connectivity index (χ4n) is 3.25. The lowest BCUT2D eigenvalue weighted by Crippen LogP contribution is -2.35. The quantitative estimate of drug-likeness (QED) is 0.759. The molecule has 0 bridgehead atoms. The van der Waals surface area contributed by atoms with Crippen LogP contribution in [0.2, 0.25) is 0 Å². The molecular formula is C20H16F2N4O. The van der Waals surface area contributed by atoms with Crippen molar-refractivity contribution in [2.45, 2.75) is 19.4 Å². The number of nitrogens with zero attached hydrogens (tertiary/aromatic N) is 3. The van der Waals surface area contributed by atoms with Gasteiger partial charge in [0.25, 0.3) is 5.91 Å². The number of amides is 1. The van der Waals surface area contributed by atoms with Crippen LogP contribution in [0.1, 0.15) is 22.8 Å². The number of carbonyl (C=O) groups excluding carboxylic acids is 1. The van der Waals surface area contributed by atoms with Crippen LogP contribution in [0.5, 0.6) is 0 Å². The number of rotatable bonds is 3. The summed E-state index contributed by atoms with van der Waals surface area (Å²) >= 11 is 0. The Kier molecular flexibility index (Phi) is 4.27. The molecule has 0 saturated carbocycles. The molecule has 4 rings (SSSR count). The van der Waals surface area contributed by atoms with Crippen LogP contribution < -0.4 is 10.2 Å². The van der Waals surface area contributed by atoms with Crippen molar-refractivity contribution < 1.29 is 13.6 Å². The Bertz CT molecular complexity index is 987. The first kappa shape index (κ1) is 17.1. The van der Waals surface area contributed by atoms with Gasteiger partial charge in [0, 0.05) is 24.1 Å². The molecule has 2 heterocycles. The van der Waals surface area contributed by atoms with Crippen LogP contribution in [0.3, 0.4) is 0 Å². The van der Waals surface area contributed by atoms with E-state index in [1.807, 2.05) is 31.2 Å². The Morgan fingerprint density at radius 2 is 1.74 bits per heavy atom. The van der Waals surface area contributed by atoms with Gasteiger partial charge >= 0.3 is 0 Å². The smallest absolute Gasteiger partial charge is 0.261 e. The second kappa shape index (κ2) is 6.75. The lowest BCUT2D eigenvalue weighted by Gasteiger charge is -2.22. The number of halogens is 2. The molecule has 5 nitrogen and oxygen atoms in total. The highest BCUT2D eigenvalue weighted by atomic mass is 19.1. The van der Waals surface area contributed by atoms with Gasteiger partial charge in [0.1, 0.15) is 17.3 Å². The van der Waals surface area contributed by atoms with Crippen LogP contribution in [0.25, 0.3) is 0 Å². The zero-order valence-electron chi connectivity index (χ0n) is 14.5. The molecule has 0 aliphatic carbocycles. The Morgan fingerprint density at radius 3 is 2.44 bits per heavy atom. The minimum Gasteiger partial charge on any atom is -0.319 e. The fourth-order valence-corrected chi connectivity index (χ4v) is 3.25. The molecule has 136 valence electrons. The zero-order chi connectivity index (χ0) is 19.0. The van der Waals surface area contributed by atoms with Gasteiger partial charge in [-0.15, -0.1) is 0 Å². The van der Waals surface area contributed by atoms with E-state index in [9.17, 15) is 13.6 Å². The summed E-state index contributed by atoms with van der Waals surface area (Å²) in [5.74, 6) is -1.70. The predicted molar refractivity (Wildman–Crippen MR) is 98.1 cm³/mol. The minimum absolute atomic E-state index is 0.00502. The van der Waals surface area contributed by atoms with Crippen molar-refractivity contribution in [3.63, 3.8) is 0 Å². The molecule has 1 unspecified atom stereocenters. The number of hydrogen-bond acceptors (Lipinski definition) is 4. The summed E-state index contributed by atoms with van der Waals surface area (Å²) in [6.45, 7) is 1.98. The lowest BCUT2D eigenvalue weighted by molar-refractivity contribution is 0.0981. The summed E-state index contributed by atoms with van der Waals surface area (Å²) in [4.78, 5) is 22.7. The molecule has 1 aromatic heterocycles. The molecule has 2 aromatic carbocycles. The van der Waals surface area contributed by atoms with Gasteiger partial charge in [-0.05, 0) is 37.1 Å². The molecule has 7 heteroatoms. The number of carbonyl (C=O) groups is 1. The van der Waals surface area contributed by atoms with E-state index in [-0.39, 0.29) is 23.6 Å². The summed E-state index contributed by atoms with van der Waals surface area (Å²) in [6, 6.07) is 11.3. The van der Waals surface area contributed by atoms with Gasteiger partial charge in [0.05, 0.1) is 5.56 Å². The molecule has 3 aromatic rings. The van der Waals surface area contributed by atoms with Crippen LogP contribution in [0, 0.1) is 11.6 Å². The van der Waals surface area contributed by atoms with Crippen LogP contribution in [0.15, 0.2) is 54.9 Å². The average molecular weight is 366 g/mol. The first-order valence-corrected chi connectivity index (χ1v) is 8.49. The molecule has 0 fully saturated rings. The topological polar surface area (TPSA) is 58.1 Å². The highest BCUT2D eigenvalue weighted by Gasteiger charge is 2.31. The summed E-state index contributed by atoms with van der Waals surface area (Å²) < 4.78 is 27.4. The van der Waals surface area contributed by atoms with E-state index in [4.69, 9.17) is 0 Å². The van der Waals surface area contributed by atoms with Crippen LogP contribution in [-0.2, 0) is 6.42 Å². The summed E-state index contributed by atoms with van der Waals surface area (Å²) in [5, 5.41) is 2.50. The number of aromatic nitrogens is 2. The maximum atomic E-state index is 13.7. The predicted octanol–water partition coefficient (Wildman–Crippen LogP) is 4.09. The number of hydrogen-bond donors (Lipinski definition) is 1. The first-order chi connectivity index (χ1) is 13.0. The third kappa shape index (κ3) is 3.12. The molecular weight excluding hydrogens is 350 g/mol. The zero-order valence-corrected chi connectivity index (χ0v) is 14.5. The molecule has 0 spiro atoms. The van der Waals surface area contributed by atoms with Crippen LogP contribution >= 0.6 is 0 Å². The van der Waals surface area contributed by atoms with E-state index in [0.717, 1.165) is 29.8 Å². The van der Waals surface area contributed by atoms with E-state index in [2.05, 4.69) is 15.3 Å². The molecule has 1 N–H and O–H groups in total. The molecule has 0 saturated heterocycles. The van der Waals surface area contributed by atoms with Crippen molar-refractivity contribution >= 4 is 23.2 Å². The van der Waals surface area contributed by atoms with Gasteiger partial charge in [-0.1, -0.05) is 24.3 Å². The highest BCUT2D eigenvalue weighted by molar-refractivity contribution is 6.07. The van der Waals surface area contributed by atoms with Gasteiger partial charge in [-0.25, -0.2) is 18.7 Å². The second-order valence-electron chi connectivity index (χ2n) is 6.37. The molecule has 1 atom stereocenters. The SMILES string of the molecule is CC1Cc2ccccc2N1C(=O)c1cnc(Nc2c(F)cccc2F)nc1. The number of benzene rings is 2.